The molecule has 6 heterocycles. The molecule has 1 N–H and O–H groups in total. The van der Waals surface area contributed by atoms with Crippen molar-refractivity contribution in [3.63, 3.8) is 0 Å². The molecule has 4 aliphatic rings. The molecular formula is C18H19FN6O. The van der Waals surface area contributed by atoms with Crippen LogP contribution >= 0.6 is 0 Å². The number of amidine groups is 1. The predicted molar refractivity (Wildman–Crippen MR) is 94.1 cm³/mol. The van der Waals surface area contributed by atoms with Gasteiger partial charge in [0.25, 0.3) is 6.02 Å². The van der Waals surface area contributed by atoms with Crippen LogP contribution in [0.5, 0.6) is 0 Å². The van der Waals surface area contributed by atoms with E-state index in [-0.39, 0.29) is 5.60 Å². The van der Waals surface area contributed by atoms with Gasteiger partial charge in [0.05, 0.1) is 12.2 Å². The van der Waals surface area contributed by atoms with Gasteiger partial charge in [0.2, 0.25) is 5.95 Å². The van der Waals surface area contributed by atoms with E-state index in [1.807, 2.05) is 0 Å². The summed E-state index contributed by atoms with van der Waals surface area (Å²) in [6.45, 7) is 3.97. The van der Waals surface area contributed by atoms with Crippen molar-refractivity contribution >= 4 is 11.8 Å². The van der Waals surface area contributed by atoms with Gasteiger partial charge in [-0.05, 0) is 38.1 Å². The number of ether oxygens (including phenoxy) is 1. The first-order valence-electron chi connectivity index (χ1n) is 8.87. The molecule has 1 atom stereocenters. The largest absolute Gasteiger partial charge is 0.455 e. The number of halogens is 1. The number of hydrogen-bond donors (Lipinski definition) is 1. The zero-order valence-corrected chi connectivity index (χ0v) is 14.2. The molecule has 0 saturated carbocycles. The minimum absolute atomic E-state index is 0.185. The zero-order valence-electron chi connectivity index (χ0n) is 14.2. The molecule has 2 aromatic rings. The Labute approximate surface area is 150 Å². The van der Waals surface area contributed by atoms with E-state index in [9.17, 15) is 4.39 Å². The van der Waals surface area contributed by atoms with Gasteiger partial charge in [0, 0.05) is 30.3 Å². The molecule has 3 fully saturated rings. The molecule has 0 amide bonds. The first-order valence-corrected chi connectivity index (χ1v) is 8.87. The molecule has 2 bridgehead atoms. The normalized spacial score (nSPS) is 29.5. The quantitative estimate of drug-likeness (QED) is 0.831. The van der Waals surface area contributed by atoms with Crippen molar-refractivity contribution in [1.82, 2.24) is 19.9 Å². The van der Waals surface area contributed by atoms with Gasteiger partial charge >= 0.3 is 0 Å². The standard InChI is InChI=1S/C18H19FN6O/c19-15-2-1-12(8-20-15)14-7-16(23-11-22-14)24-17-21-9-18(26-17)10-25-5-3-13(18)4-6-25/h1-2,7-8,11,13H,3-6,9-10H2,(H,21,22,23,24). The van der Waals surface area contributed by atoms with Gasteiger partial charge in [-0.3, -0.25) is 10.2 Å². The Morgan fingerprint density at radius 3 is 2.81 bits per heavy atom. The fraction of sp³-hybridized carbons (Fsp3) is 0.444. The van der Waals surface area contributed by atoms with Crippen molar-refractivity contribution in [2.24, 2.45) is 10.9 Å². The topological polar surface area (TPSA) is 75.5 Å². The van der Waals surface area contributed by atoms with E-state index in [1.54, 1.807) is 12.1 Å². The third-order valence-electron chi connectivity index (χ3n) is 5.54. The molecule has 1 spiro atoms. The third-order valence-corrected chi connectivity index (χ3v) is 5.54. The lowest BCUT2D eigenvalue weighted by Crippen LogP contribution is -2.61. The van der Waals surface area contributed by atoms with E-state index in [0.717, 1.165) is 12.1 Å². The number of aromatic nitrogens is 3. The molecule has 2 aromatic heterocycles. The van der Waals surface area contributed by atoms with E-state index in [4.69, 9.17) is 4.74 Å². The van der Waals surface area contributed by atoms with Crippen LogP contribution in [0.2, 0.25) is 0 Å². The van der Waals surface area contributed by atoms with Crippen LogP contribution in [-0.2, 0) is 4.74 Å². The maximum atomic E-state index is 13.0. The summed E-state index contributed by atoms with van der Waals surface area (Å²) in [5.74, 6) is 0.649. The van der Waals surface area contributed by atoms with Crippen LogP contribution in [-0.4, -0.2) is 57.7 Å². The van der Waals surface area contributed by atoms with Crippen molar-refractivity contribution in [1.29, 1.82) is 0 Å². The van der Waals surface area contributed by atoms with Crippen LogP contribution < -0.4 is 5.32 Å². The number of anilines is 1. The Morgan fingerprint density at radius 1 is 1.19 bits per heavy atom. The second kappa shape index (κ2) is 5.98. The number of rotatable bonds is 2. The molecule has 6 rings (SSSR count). The molecule has 4 aliphatic heterocycles. The highest BCUT2D eigenvalue weighted by Gasteiger charge is 2.51. The lowest BCUT2D eigenvalue weighted by atomic mass is 9.75. The van der Waals surface area contributed by atoms with Gasteiger partial charge in [-0.2, -0.15) is 4.39 Å². The van der Waals surface area contributed by atoms with Crippen molar-refractivity contribution < 1.29 is 9.13 Å². The molecule has 0 aromatic carbocycles. The summed E-state index contributed by atoms with van der Waals surface area (Å²) in [4.78, 5) is 19.2. The summed E-state index contributed by atoms with van der Waals surface area (Å²) in [5.41, 5.74) is 1.20. The molecule has 0 aliphatic carbocycles. The smallest absolute Gasteiger partial charge is 0.291 e. The highest BCUT2D eigenvalue weighted by Crippen LogP contribution is 2.40. The van der Waals surface area contributed by atoms with Crippen molar-refractivity contribution in [2.45, 2.75) is 18.4 Å². The summed E-state index contributed by atoms with van der Waals surface area (Å²) < 4.78 is 19.3. The van der Waals surface area contributed by atoms with Crippen LogP contribution in [0.4, 0.5) is 10.2 Å². The molecule has 3 saturated heterocycles. The highest BCUT2D eigenvalue weighted by atomic mass is 19.1. The number of piperidine rings is 3. The van der Waals surface area contributed by atoms with E-state index in [0.29, 0.717) is 30.0 Å². The third kappa shape index (κ3) is 2.70. The Bertz CT molecular complexity index is 849. The lowest BCUT2D eigenvalue weighted by Gasteiger charge is -2.50. The first kappa shape index (κ1) is 15.6. The molecule has 1 unspecified atom stereocenters. The summed E-state index contributed by atoms with van der Waals surface area (Å²) >= 11 is 0. The molecule has 7 nitrogen and oxygen atoms in total. The predicted octanol–water partition coefficient (Wildman–Crippen LogP) is 1.94. The van der Waals surface area contributed by atoms with E-state index < -0.39 is 5.95 Å². The SMILES string of the molecule is Fc1ccc(-c2cc(NC3=NCC4(CN5CCC4CC5)O3)ncn2)cn1. The molecule has 0 radical (unpaired) electrons. The van der Waals surface area contributed by atoms with Gasteiger partial charge in [-0.15, -0.1) is 0 Å². The zero-order chi connectivity index (χ0) is 17.6. The number of aliphatic imine (C=N–C) groups is 1. The van der Waals surface area contributed by atoms with E-state index in [2.05, 4.69) is 30.2 Å². The Hall–Kier alpha value is -2.61. The van der Waals surface area contributed by atoms with Gasteiger partial charge in [0.1, 0.15) is 17.7 Å². The molecule has 8 heteroatoms. The fourth-order valence-electron chi connectivity index (χ4n) is 4.17. The summed E-state index contributed by atoms with van der Waals surface area (Å²) in [7, 11) is 0. The number of hydrogen-bond acceptors (Lipinski definition) is 7. The molecule has 26 heavy (non-hydrogen) atoms. The summed E-state index contributed by atoms with van der Waals surface area (Å²) in [6.07, 6.45) is 5.27. The van der Waals surface area contributed by atoms with Gasteiger partial charge in [0.15, 0.2) is 0 Å². The van der Waals surface area contributed by atoms with Crippen LogP contribution in [0.25, 0.3) is 11.3 Å². The first-order chi connectivity index (χ1) is 12.7. The lowest BCUT2D eigenvalue weighted by molar-refractivity contribution is -0.0829. The minimum Gasteiger partial charge on any atom is -0.455 e. The van der Waals surface area contributed by atoms with Crippen molar-refractivity contribution in [3.05, 3.63) is 36.7 Å². The Kier molecular flexibility index (Phi) is 3.59. The van der Waals surface area contributed by atoms with Crippen LogP contribution in [0.15, 0.2) is 35.7 Å². The maximum absolute atomic E-state index is 13.0. The van der Waals surface area contributed by atoms with Crippen LogP contribution in [0, 0.1) is 11.9 Å². The van der Waals surface area contributed by atoms with Gasteiger partial charge < -0.3 is 4.74 Å². The van der Waals surface area contributed by atoms with E-state index >= 15 is 0 Å². The monoisotopic (exact) mass is 354 g/mol. The molecular weight excluding hydrogens is 335 g/mol. The van der Waals surface area contributed by atoms with Crippen LogP contribution in [0.3, 0.4) is 0 Å². The van der Waals surface area contributed by atoms with Gasteiger partial charge in [-0.1, -0.05) is 0 Å². The average molecular weight is 354 g/mol. The second-order valence-corrected chi connectivity index (χ2v) is 7.12. The number of nitrogens with zero attached hydrogens (tertiary/aromatic N) is 5. The molecule has 134 valence electrons. The number of nitrogens with one attached hydrogen (secondary N) is 1. The number of fused-ring (bicyclic) bond motifs is 2. The highest BCUT2D eigenvalue weighted by molar-refractivity contribution is 5.90. The van der Waals surface area contributed by atoms with Crippen molar-refractivity contribution in [3.8, 4) is 11.3 Å². The summed E-state index contributed by atoms with van der Waals surface area (Å²) in [6, 6.07) is 5.25. The van der Waals surface area contributed by atoms with Gasteiger partial charge in [-0.25, -0.2) is 19.9 Å². The average Bonchev–Trinajstić information content (AvgIpc) is 3.05. The Balaban J connectivity index is 1.31. The minimum atomic E-state index is -0.516. The summed E-state index contributed by atoms with van der Waals surface area (Å²) in [5, 5.41) is 3.16. The van der Waals surface area contributed by atoms with E-state index in [1.165, 1.54) is 44.5 Å². The Morgan fingerprint density at radius 2 is 2.08 bits per heavy atom. The number of pyridine rings is 1. The second-order valence-electron chi connectivity index (χ2n) is 7.12. The maximum Gasteiger partial charge on any atom is 0.291 e. The fourth-order valence-corrected chi connectivity index (χ4v) is 4.17. The van der Waals surface area contributed by atoms with Crippen LogP contribution in [0.1, 0.15) is 12.8 Å². The van der Waals surface area contributed by atoms with Crippen molar-refractivity contribution in [2.75, 3.05) is 31.5 Å².